The monoisotopic (exact) mass is 260 g/mol. The summed E-state index contributed by atoms with van der Waals surface area (Å²) in [7, 11) is 1.49. The average Bonchev–Trinajstić information content (AvgIpc) is 2.13. The third kappa shape index (κ3) is 2.32. The van der Waals surface area contributed by atoms with Crippen LogP contribution in [-0.4, -0.2) is 12.9 Å². The van der Waals surface area contributed by atoms with E-state index < -0.39 is 0 Å². The highest BCUT2D eigenvalue weighted by atomic mass is 79.9. The number of hydrogen-bond donors (Lipinski definition) is 0. The zero-order chi connectivity index (χ0) is 10.7. The summed E-state index contributed by atoms with van der Waals surface area (Å²) >= 11 is 3.09. The summed E-state index contributed by atoms with van der Waals surface area (Å²) in [5.74, 6) is 0.102. The van der Waals surface area contributed by atoms with Crippen molar-refractivity contribution in [2.75, 3.05) is 7.11 Å². The number of carbonyl (C=O) groups is 1. The minimum atomic E-state index is -0.387. The van der Waals surface area contributed by atoms with Gasteiger partial charge in [-0.2, -0.15) is 0 Å². The van der Waals surface area contributed by atoms with Crippen LogP contribution in [0.15, 0.2) is 16.6 Å². The van der Waals surface area contributed by atoms with E-state index in [0.29, 0.717) is 15.8 Å². The van der Waals surface area contributed by atoms with Crippen LogP contribution in [0.4, 0.5) is 4.39 Å². The minimum absolute atomic E-state index is 0.0328. The van der Waals surface area contributed by atoms with Gasteiger partial charge in [-0.3, -0.25) is 4.79 Å². The van der Waals surface area contributed by atoms with Crippen molar-refractivity contribution in [2.45, 2.75) is 13.3 Å². The maximum Gasteiger partial charge on any atom is 0.137 e. The first-order chi connectivity index (χ1) is 6.56. The van der Waals surface area contributed by atoms with E-state index in [4.69, 9.17) is 4.74 Å². The number of rotatable bonds is 3. The molecule has 0 heterocycles. The summed E-state index contributed by atoms with van der Waals surface area (Å²) in [5.41, 5.74) is 0.556. The Balaban J connectivity index is 3.20. The van der Waals surface area contributed by atoms with Crippen LogP contribution in [-0.2, 0) is 11.2 Å². The zero-order valence-electron chi connectivity index (χ0n) is 7.93. The molecule has 0 fully saturated rings. The first-order valence-corrected chi connectivity index (χ1v) is 4.86. The second kappa shape index (κ2) is 4.55. The first-order valence-electron chi connectivity index (χ1n) is 4.06. The molecule has 2 nitrogen and oxygen atoms in total. The van der Waals surface area contributed by atoms with Crippen molar-refractivity contribution in [3.8, 4) is 5.75 Å². The molecular formula is C10H10BrFO2. The van der Waals surface area contributed by atoms with Gasteiger partial charge in [0.25, 0.3) is 0 Å². The fourth-order valence-electron chi connectivity index (χ4n) is 1.18. The summed E-state index contributed by atoms with van der Waals surface area (Å²) in [6.45, 7) is 1.46. The molecule has 1 rings (SSSR count). The van der Waals surface area contributed by atoms with E-state index in [1.54, 1.807) is 0 Å². The molecule has 0 amide bonds. The Morgan fingerprint density at radius 1 is 1.57 bits per heavy atom. The molecule has 0 aliphatic rings. The molecule has 0 aliphatic heterocycles. The second-order valence-electron chi connectivity index (χ2n) is 2.92. The third-order valence-corrected chi connectivity index (χ3v) is 2.66. The summed E-state index contributed by atoms with van der Waals surface area (Å²) in [6, 6.07) is 2.81. The van der Waals surface area contributed by atoms with Crippen LogP contribution in [0.25, 0.3) is 0 Å². The number of ketones is 1. The smallest absolute Gasteiger partial charge is 0.137 e. The van der Waals surface area contributed by atoms with E-state index >= 15 is 0 Å². The molecule has 0 aliphatic carbocycles. The van der Waals surface area contributed by atoms with Gasteiger partial charge >= 0.3 is 0 Å². The van der Waals surface area contributed by atoms with Crippen LogP contribution in [0.1, 0.15) is 12.5 Å². The van der Waals surface area contributed by atoms with E-state index in [1.807, 2.05) is 0 Å². The molecule has 0 saturated heterocycles. The van der Waals surface area contributed by atoms with Crippen LogP contribution in [0.3, 0.4) is 0 Å². The molecule has 4 heteroatoms. The van der Waals surface area contributed by atoms with Crippen LogP contribution >= 0.6 is 15.9 Å². The van der Waals surface area contributed by atoms with Gasteiger partial charge in [-0.25, -0.2) is 4.39 Å². The van der Waals surface area contributed by atoms with Crippen LogP contribution in [0.2, 0.25) is 0 Å². The quantitative estimate of drug-likeness (QED) is 0.836. The number of ether oxygens (including phenoxy) is 1. The Morgan fingerprint density at radius 2 is 2.21 bits per heavy atom. The molecule has 76 valence electrons. The minimum Gasteiger partial charge on any atom is -0.496 e. The molecule has 14 heavy (non-hydrogen) atoms. The van der Waals surface area contributed by atoms with Gasteiger partial charge in [0.1, 0.15) is 17.3 Å². The standard InChI is InChI=1S/C10H10BrFO2/c1-6(13)5-7-9(14-2)4-3-8(12)10(7)11/h3-4H,5H2,1-2H3. The van der Waals surface area contributed by atoms with Crippen LogP contribution in [0.5, 0.6) is 5.75 Å². The summed E-state index contributed by atoms with van der Waals surface area (Å²) in [6.07, 6.45) is 0.168. The van der Waals surface area contributed by atoms with Crippen molar-refractivity contribution in [1.29, 1.82) is 0 Å². The lowest BCUT2D eigenvalue weighted by molar-refractivity contribution is -0.116. The number of hydrogen-bond acceptors (Lipinski definition) is 2. The molecule has 0 N–H and O–H groups in total. The number of benzene rings is 1. The van der Waals surface area contributed by atoms with Crippen LogP contribution < -0.4 is 4.74 Å². The molecule has 1 aromatic rings. The van der Waals surface area contributed by atoms with Crippen molar-refractivity contribution in [1.82, 2.24) is 0 Å². The van der Waals surface area contributed by atoms with E-state index in [-0.39, 0.29) is 18.0 Å². The highest BCUT2D eigenvalue weighted by Crippen LogP contribution is 2.29. The molecular weight excluding hydrogens is 251 g/mol. The lowest BCUT2D eigenvalue weighted by atomic mass is 10.1. The summed E-state index contributed by atoms with van der Waals surface area (Å²) < 4.78 is 18.5. The Morgan fingerprint density at radius 3 is 2.71 bits per heavy atom. The van der Waals surface area contributed by atoms with Gasteiger partial charge in [-0.1, -0.05) is 0 Å². The molecule has 0 aromatic heterocycles. The predicted octanol–water partition coefficient (Wildman–Crippen LogP) is 2.73. The number of methoxy groups -OCH3 is 1. The Hall–Kier alpha value is -0.900. The predicted molar refractivity (Wildman–Crippen MR) is 55.0 cm³/mol. The largest absolute Gasteiger partial charge is 0.496 e. The van der Waals surface area contributed by atoms with Crippen molar-refractivity contribution >= 4 is 21.7 Å². The van der Waals surface area contributed by atoms with Gasteiger partial charge in [-0.05, 0) is 35.0 Å². The lowest BCUT2D eigenvalue weighted by Gasteiger charge is -2.09. The average molecular weight is 261 g/mol. The lowest BCUT2D eigenvalue weighted by Crippen LogP contribution is -2.01. The molecule has 0 saturated carbocycles. The first kappa shape index (κ1) is 11.2. The van der Waals surface area contributed by atoms with Gasteiger partial charge in [0, 0.05) is 12.0 Å². The van der Waals surface area contributed by atoms with Crippen molar-refractivity contribution < 1.29 is 13.9 Å². The van der Waals surface area contributed by atoms with Gasteiger partial charge in [-0.15, -0.1) is 0 Å². The SMILES string of the molecule is COc1ccc(F)c(Br)c1CC(C)=O. The van der Waals surface area contributed by atoms with Crippen molar-refractivity contribution in [2.24, 2.45) is 0 Å². The highest BCUT2D eigenvalue weighted by Gasteiger charge is 2.13. The maximum atomic E-state index is 13.1. The van der Waals surface area contributed by atoms with E-state index in [9.17, 15) is 9.18 Å². The normalized spacial score (nSPS) is 10.0. The van der Waals surface area contributed by atoms with Crippen LogP contribution in [0, 0.1) is 5.82 Å². The maximum absolute atomic E-state index is 13.1. The molecule has 0 spiro atoms. The topological polar surface area (TPSA) is 26.3 Å². The Labute approximate surface area is 90.2 Å². The van der Waals surface area contributed by atoms with Crippen molar-refractivity contribution in [3.05, 3.63) is 28.0 Å². The number of carbonyl (C=O) groups excluding carboxylic acids is 1. The Kier molecular flexibility index (Phi) is 3.63. The van der Waals surface area contributed by atoms with E-state index in [1.165, 1.54) is 26.2 Å². The fraction of sp³-hybridized carbons (Fsp3) is 0.300. The van der Waals surface area contributed by atoms with Gasteiger partial charge in [0.2, 0.25) is 0 Å². The zero-order valence-corrected chi connectivity index (χ0v) is 9.52. The molecule has 0 radical (unpaired) electrons. The third-order valence-electron chi connectivity index (χ3n) is 1.80. The van der Waals surface area contributed by atoms with E-state index in [0.717, 1.165) is 0 Å². The number of halogens is 2. The second-order valence-corrected chi connectivity index (χ2v) is 3.71. The van der Waals surface area contributed by atoms with Gasteiger partial charge < -0.3 is 4.74 Å². The fourth-order valence-corrected chi connectivity index (χ4v) is 1.65. The van der Waals surface area contributed by atoms with E-state index in [2.05, 4.69) is 15.9 Å². The molecule has 0 atom stereocenters. The Bertz CT molecular complexity index is 363. The van der Waals surface area contributed by atoms with Crippen molar-refractivity contribution in [3.63, 3.8) is 0 Å². The number of Topliss-reactive ketones (excluding diaryl/α,β-unsaturated/α-hetero) is 1. The highest BCUT2D eigenvalue weighted by molar-refractivity contribution is 9.10. The van der Waals surface area contributed by atoms with Gasteiger partial charge in [0.15, 0.2) is 0 Å². The molecule has 0 bridgehead atoms. The van der Waals surface area contributed by atoms with Gasteiger partial charge in [0.05, 0.1) is 11.6 Å². The molecule has 1 aromatic carbocycles. The summed E-state index contributed by atoms with van der Waals surface area (Å²) in [5, 5.41) is 0. The molecule has 0 unspecified atom stereocenters. The summed E-state index contributed by atoms with van der Waals surface area (Å²) in [4.78, 5) is 10.9.